The number of carbonyl (C=O) groups is 3. The van der Waals surface area contributed by atoms with E-state index in [0.29, 0.717) is 21.4 Å². The highest BCUT2D eigenvalue weighted by atomic mass is 79.9. The third-order valence-corrected chi connectivity index (χ3v) is 4.69. The van der Waals surface area contributed by atoms with Gasteiger partial charge in [-0.1, -0.05) is 45.2 Å². The van der Waals surface area contributed by atoms with E-state index in [2.05, 4.69) is 15.9 Å². The summed E-state index contributed by atoms with van der Waals surface area (Å²) in [4.78, 5) is 35.0. The van der Waals surface area contributed by atoms with Crippen LogP contribution >= 0.6 is 39.1 Å². The number of amides is 4. The summed E-state index contributed by atoms with van der Waals surface area (Å²) in [7, 11) is 0. The highest BCUT2D eigenvalue weighted by Gasteiger charge is 2.28. The molecule has 2 N–H and O–H groups in total. The molecule has 2 aromatic rings. The van der Waals surface area contributed by atoms with Crippen molar-refractivity contribution in [1.82, 2.24) is 10.6 Å². The summed E-state index contributed by atoms with van der Waals surface area (Å²) in [6.07, 6.45) is 1.35. The molecule has 138 valence electrons. The molecule has 1 aliphatic heterocycles. The zero-order valence-corrected chi connectivity index (χ0v) is 16.6. The van der Waals surface area contributed by atoms with Gasteiger partial charge in [0.05, 0.1) is 0 Å². The average Bonchev–Trinajstić information content (AvgIpc) is 2.58. The molecular weight excluding hydrogens is 459 g/mol. The number of hydrogen-bond acceptors (Lipinski definition) is 4. The van der Waals surface area contributed by atoms with Crippen molar-refractivity contribution in [2.24, 2.45) is 0 Å². The number of urea groups is 1. The van der Waals surface area contributed by atoms with Gasteiger partial charge in [0.15, 0.2) is 0 Å². The Bertz CT molecular complexity index is 969. The van der Waals surface area contributed by atoms with E-state index < -0.39 is 17.8 Å². The highest BCUT2D eigenvalue weighted by molar-refractivity contribution is 9.10. The van der Waals surface area contributed by atoms with Gasteiger partial charge in [-0.05, 0) is 36.4 Å². The quantitative estimate of drug-likeness (QED) is 0.521. The van der Waals surface area contributed by atoms with Crippen LogP contribution in [0.5, 0.6) is 5.75 Å². The third kappa shape index (κ3) is 4.68. The number of nitrogens with one attached hydrogen (secondary N) is 2. The Morgan fingerprint density at radius 2 is 1.70 bits per heavy atom. The molecule has 0 bridgehead atoms. The second-order valence-corrected chi connectivity index (χ2v) is 7.26. The highest BCUT2D eigenvalue weighted by Crippen LogP contribution is 2.28. The van der Waals surface area contributed by atoms with Crippen LogP contribution in [0.15, 0.2) is 46.4 Å². The summed E-state index contributed by atoms with van der Waals surface area (Å²) in [5, 5.41) is 5.03. The van der Waals surface area contributed by atoms with Crippen molar-refractivity contribution in [3.63, 3.8) is 0 Å². The topological polar surface area (TPSA) is 84.5 Å². The Hall–Kier alpha value is -2.35. The summed E-state index contributed by atoms with van der Waals surface area (Å²) in [6.45, 7) is 0.157. The van der Waals surface area contributed by atoms with Gasteiger partial charge >= 0.3 is 6.03 Å². The first kappa shape index (κ1) is 19.4. The van der Waals surface area contributed by atoms with E-state index in [1.807, 2.05) is 10.6 Å². The zero-order chi connectivity index (χ0) is 19.6. The van der Waals surface area contributed by atoms with Crippen molar-refractivity contribution in [3.05, 3.63) is 67.6 Å². The number of hydrogen-bond donors (Lipinski definition) is 2. The van der Waals surface area contributed by atoms with Gasteiger partial charge in [0.25, 0.3) is 11.8 Å². The van der Waals surface area contributed by atoms with Crippen LogP contribution in [0, 0.1) is 0 Å². The van der Waals surface area contributed by atoms with Gasteiger partial charge in [0.1, 0.15) is 17.9 Å². The summed E-state index contributed by atoms with van der Waals surface area (Å²) in [6, 6.07) is 9.32. The average molecular weight is 470 g/mol. The molecular formula is C18H11BrCl2N2O4. The number of ether oxygens (including phenoxy) is 1. The molecule has 0 radical (unpaired) electrons. The van der Waals surface area contributed by atoms with E-state index in [1.54, 1.807) is 36.4 Å². The van der Waals surface area contributed by atoms with Gasteiger partial charge in [0.2, 0.25) is 0 Å². The molecule has 3 rings (SSSR count). The van der Waals surface area contributed by atoms with Crippen molar-refractivity contribution in [2.45, 2.75) is 6.61 Å². The Morgan fingerprint density at radius 1 is 1.00 bits per heavy atom. The lowest BCUT2D eigenvalue weighted by Crippen LogP contribution is -2.51. The summed E-state index contributed by atoms with van der Waals surface area (Å²) >= 11 is 15.4. The predicted octanol–water partition coefficient (Wildman–Crippen LogP) is 4.08. The molecule has 0 spiro atoms. The van der Waals surface area contributed by atoms with Gasteiger partial charge in [-0.3, -0.25) is 20.2 Å². The van der Waals surface area contributed by atoms with Crippen molar-refractivity contribution in [3.8, 4) is 5.75 Å². The fourth-order valence-electron chi connectivity index (χ4n) is 2.32. The van der Waals surface area contributed by atoms with Gasteiger partial charge < -0.3 is 4.74 Å². The van der Waals surface area contributed by atoms with Crippen LogP contribution in [0.2, 0.25) is 10.0 Å². The predicted molar refractivity (Wildman–Crippen MR) is 105 cm³/mol. The molecule has 6 nitrogen and oxygen atoms in total. The monoisotopic (exact) mass is 468 g/mol. The molecule has 0 unspecified atom stereocenters. The van der Waals surface area contributed by atoms with E-state index >= 15 is 0 Å². The molecule has 0 aromatic heterocycles. The fourth-order valence-corrected chi connectivity index (χ4v) is 3.16. The van der Waals surface area contributed by atoms with Crippen LogP contribution < -0.4 is 15.4 Å². The maximum atomic E-state index is 11.9. The molecule has 4 amide bonds. The minimum atomic E-state index is -0.856. The lowest BCUT2D eigenvalue weighted by atomic mass is 10.1. The molecule has 27 heavy (non-hydrogen) atoms. The van der Waals surface area contributed by atoms with E-state index in [4.69, 9.17) is 27.9 Å². The fraction of sp³-hybridized carbons (Fsp3) is 0.0556. The van der Waals surface area contributed by atoms with Gasteiger partial charge in [-0.2, -0.15) is 0 Å². The molecule has 0 saturated carbocycles. The van der Waals surface area contributed by atoms with Crippen molar-refractivity contribution < 1.29 is 19.1 Å². The molecule has 0 aliphatic carbocycles. The standard InChI is InChI=1S/C18H11BrCl2N2O4/c19-11-2-4-15(27-8-9-1-3-12(20)7-14(9)21)10(5-11)6-13-16(24)22-18(26)23-17(13)25/h1-7H,8H2,(H2,22,23,24,25,26). The van der Waals surface area contributed by atoms with E-state index in [9.17, 15) is 14.4 Å². The Kier molecular flexibility index (Phi) is 5.84. The maximum absolute atomic E-state index is 11.9. The SMILES string of the molecule is O=C1NC(=O)C(=Cc2cc(Br)ccc2OCc2ccc(Cl)cc2Cl)C(=O)N1. The van der Waals surface area contributed by atoms with Crippen LogP contribution in [-0.2, 0) is 16.2 Å². The minimum Gasteiger partial charge on any atom is -0.488 e. The van der Waals surface area contributed by atoms with Gasteiger partial charge in [-0.15, -0.1) is 0 Å². The largest absolute Gasteiger partial charge is 0.488 e. The first-order valence-electron chi connectivity index (χ1n) is 7.58. The summed E-state index contributed by atoms with van der Waals surface area (Å²) in [5.41, 5.74) is 0.993. The number of barbiturate groups is 1. The van der Waals surface area contributed by atoms with Crippen LogP contribution in [0.1, 0.15) is 11.1 Å². The van der Waals surface area contributed by atoms with Gasteiger partial charge in [0, 0.05) is 25.6 Å². The number of carbonyl (C=O) groups excluding carboxylic acids is 3. The van der Waals surface area contributed by atoms with E-state index in [1.165, 1.54) is 6.08 Å². The molecule has 1 heterocycles. The normalized spacial score (nSPS) is 13.9. The second-order valence-electron chi connectivity index (χ2n) is 5.50. The number of benzene rings is 2. The second kappa shape index (κ2) is 8.12. The summed E-state index contributed by atoms with van der Waals surface area (Å²) in [5.74, 6) is -1.14. The zero-order valence-electron chi connectivity index (χ0n) is 13.5. The molecule has 1 fully saturated rings. The van der Waals surface area contributed by atoms with Crippen molar-refractivity contribution in [2.75, 3.05) is 0 Å². The maximum Gasteiger partial charge on any atom is 0.328 e. The van der Waals surface area contributed by atoms with Crippen molar-refractivity contribution >= 4 is 63.1 Å². The number of imide groups is 2. The number of halogens is 3. The molecule has 0 atom stereocenters. The van der Waals surface area contributed by atoms with Crippen LogP contribution in [0.4, 0.5) is 4.79 Å². The molecule has 1 aliphatic rings. The number of rotatable bonds is 4. The summed E-state index contributed by atoms with van der Waals surface area (Å²) < 4.78 is 6.53. The first-order chi connectivity index (χ1) is 12.8. The van der Waals surface area contributed by atoms with Crippen molar-refractivity contribution in [1.29, 1.82) is 0 Å². The van der Waals surface area contributed by atoms with Crippen LogP contribution in [0.3, 0.4) is 0 Å². The van der Waals surface area contributed by atoms with E-state index in [-0.39, 0.29) is 12.2 Å². The lowest BCUT2D eigenvalue weighted by Gasteiger charge is -2.15. The third-order valence-electron chi connectivity index (χ3n) is 3.61. The smallest absolute Gasteiger partial charge is 0.328 e. The molecule has 2 aromatic carbocycles. The minimum absolute atomic E-state index is 0.157. The Labute approximate surface area is 172 Å². The molecule has 1 saturated heterocycles. The first-order valence-corrected chi connectivity index (χ1v) is 9.13. The van der Waals surface area contributed by atoms with Crippen LogP contribution in [0.25, 0.3) is 6.08 Å². The Morgan fingerprint density at radius 3 is 2.37 bits per heavy atom. The van der Waals surface area contributed by atoms with E-state index in [0.717, 1.165) is 10.0 Å². The Balaban J connectivity index is 1.89. The van der Waals surface area contributed by atoms with Crippen LogP contribution in [-0.4, -0.2) is 17.8 Å². The lowest BCUT2D eigenvalue weighted by molar-refractivity contribution is -0.123. The van der Waals surface area contributed by atoms with Gasteiger partial charge in [-0.25, -0.2) is 4.79 Å². The molecule has 9 heteroatoms.